The third-order valence-corrected chi connectivity index (χ3v) is 6.55. The van der Waals surface area contributed by atoms with E-state index in [4.69, 9.17) is 4.74 Å². The Balaban J connectivity index is 0. The summed E-state index contributed by atoms with van der Waals surface area (Å²) in [6, 6.07) is 23.0. The molecule has 1 fully saturated rings. The van der Waals surface area contributed by atoms with E-state index >= 15 is 0 Å². The fourth-order valence-corrected chi connectivity index (χ4v) is 4.99. The minimum absolute atomic E-state index is 0. The summed E-state index contributed by atoms with van der Waals surface area (Å²) in [7, 11) is -0.333. The van der Waals surface area contributed by atoms with Gasteiger partial charge >= 0.3 is 17.4 Å². The molecule has 1 aliphatic heterocycles. The molecule has 1 saturated heterocycles. The van der Waals surface area contributed by atoms with Crippen LogP contribution in [0, 0.1) is 7.43 Å². The summed E-state index contributed by atoms with van der Waals surface area (Å²) in [6.45, 7) is 2.00. The van der Waals surface area contributed by atoms with Gasteiger partial charge in [-0.25, -0.2) is 0 Å². The van der Waals surface area contributed by atoms with Gasteiger partial charge in [-0.1, -0.05) is 50.4 Å². The molecule has 0 atom stereocenters. The second kappa shape index (κ2) is 18.8. The molecule has 0 unspecified atom stereocenters. The number of ether oxygens (including phenoxy) is 1. The summed E-state index contributed by atoms with van der Waals surface area (Å²) in [4.78, 5) is 8.96. The molecule has 1 aromatic carbocycles. The smallest absolute Gasteiger partial charge is 1.00 e. The van der Waals surface area contributed by atoms with Crippen LogP contribution in [0.1, 0.15) is 24.2 Å². The second-order valence-electron chi connectivity index (χ2n) is 6.15. The fourth-order valence-electron chi connectivity index (χ4n) is 2.76. The van der Waals surface area contributed by atoms with Crippen LogP contribution in [0.3, 0.4) is 0 Å². The van der Waals surface area contributed by atoms with Crippen molar-refractivity contribution >= 4 is 13.2 Å². The molecule has 0 spiro atoms. The molecule has 0 amide bonds. The topological polar surface area (TPSA) is 35.0 Å². The SMILES string of the molecule is C1CCOC1.[CH3-].[Cl-].[Cl-].[Cr+3].c1ccc(P(Cc2ccccn2)Cc2ccccn2)cc1. The average molecular weight is 502 g/mol. The number of aromatic nitrogens is 2. The van der Waals surface area contributed by atoms with Crippen molar-refractivity contribution in [3.8, 4) is 0 Å². The Morgan fingerprint density at radius 2 is 1.17 bits per heavy atom. The molecule has 4 rings (SSSR count). The van der Waals surface area contributed by atoms with E-state index in [1.807, 2.05) is 24.5 Å². The molecule has 1 radical (unpaired) electrons. The van der Waals surface area contributed by atoms with Gasteiger partial charge in [-0.15, -0.1) is 0 Å². The Morgan fingerprint density at radius 3 is 1.53 bits per heavy atom. The van der Waals surface area contributed by atoms with E-state index in [1.165, 1.54) is 18.1 Å². The Morgan fingerprint density at radius 1 is 0.700 bits per heavy atom. The van der Waals surface area contributed by atoms with Crippen LogP contribution in [-0.4, -0.2) is 23.2 Å². The third-order valence-electron chi connectivity index (χ3n) is 4.11. The molecule has 0 saturated carbocycles. The van der Waals surface area contributed by atoms with Crippen molar-refractivity contribution in [1.29, 1.82) is 0 Å². The molecule has 0 bridgehead atoms. The summed E-state index contributed by atoms with van der Waals surface area (Å²) in [5.41, 5.74) is 2.31. The Labute approximate surface area is 205 Å². The zero-order valence-corrected chi connectivity index (χ0v) is 20.8. The minimum atomic E-state index is -0.333. The number of pyridine rings is 2. The summed E-state index contributed by atoms with van der Waals surface area (Å²) in [5, 5.41) is 1.41. The van der Waals surface area contributed by atoms with Crippen LogP contribution < -0.4 is 30.1 Å². The Hall–Kier alpha value is -0.978. The molecule has 2 aromatic heterocycles. The van der Waals surface area contributed by atoms with Gasteiger partial charge in [0.2, 0.25) is 0 Å². The summed E-state index contributed by atoms with van der Waals surface area (Å²) >= 11 is 0. The molecular weight excluding hydrogens is 474 g/mol. The molecule has 7 heteroatoms. The number of hydrogen-bond donors (Lipinski definition) is 0. The van der Waals surface area contributed by atoms with Gasteiger partial charge < -0.3 is 37.0 Å². The van der Waals surface area contributed by atoms with Gasteiger partial charge in [0, 0.05) is 49.3 Å². The van der Waals surface area contributed by atoms with E-state index in [-0.39, 0.29) is 57.5 Å². The molecule has 3 heterocycles. The van der Waals surface area contributed by atoms with Crippen LogP contribution in [-0.2, 0) is 34.4 Å². The molecule has 3 nitrogen and oxygen atoms in total. The monoisotopic (exact) mass is 501 g/mol. The largest absolute Gasteiger partial charge is 3.00 e. The van der Waals surface area contributed by atoms with Gasteiger partial charge in [0.05, 0.1) is 0 Å². The average Bonchev–Trinajstić information content (AvgIpc) is 3.30. The van der Waals surface area contributed by atoms with E-state index in [1.54, 1.807) is 0 Å². The minimum Gasteiger partial charge on any atom is -1.00 e. The standard InChI is InChI=1S/C18H17N2P.C4H8O.CH3.2ClH.Cr/c1-2-10-18(11-3-1)21(14-16-8-4-6-12-19-16)15-17-9-5-7-13-20-17;1-2-4-5-3-1;;;;/h1-13H,14-15H2;1-4H2;1H3;2*1H;/q;;-1;;;+3/p-2. The zero-order valence-electron chi connectivity index (χ0n) is 17.2. The first-order valence-electron chi connectivity index (χ1n) is 9.09. The van der Waals surface area contributed by atoms with Crippen molar-refractivity contribution in [3.63, 3.8) is 0 Å². The van der Waals surface area contributed by atoms with Crippen LogP contribution in [0.15, 0.2) is 79.1 Å². The van der Waals surface area contributed by atoms with Gasteiger partial charge in [-0.05, 0) is 42.4 Å². The van der Waals surface area contributed by atoms with Crippen molar-refractivity contribution < 1.29 is 46.9 Å². The molecule has 3 aromatic rings. The van der Waals surface area contributed by atoms with E-state index in [0.29, 0.717) is 0 Å². The van der Waals surface area contributed by atoms with Crippen molar-refractivity contribution in [3.05, 3.63) is 97.9 Å². The quantitative estimate of drug-likeness (QED) is 0.340. The predicted octanol–water partition coefficient (Wildman–Crippen LogP) is -0.763. The van der Waals surface area contributed by atoms with Crippen LogP contribution in [0.2, 0.25) is 0 Å². The van der Waals surface area contributed by atoms with Crippen LogP contribution in [0.5, 0.6) is 0 Å². The van der Waals surface area contributed by atoms with Crippen LogP contribution >= 0.6 is 7.92 Å². The molecule has 1 aliphatic rings. The Bertz CT molecular complexity index is 702. The van der Waals surface area contributed by atoms with Gasteiger partial charge in [-0.3, -0.25) is 9.97 Å². The first-order valence-corrected chi connectivity index (χ1v) is 10.8. The fraction of sp³-hybridized carbons (Fsp3) is 0.261. The zero-order chi connectivity index (χ0) is 17.9. The predicted molar refractivity (Wildman–Crippen MR) is 115 cm³/mol. The van der Waals surface area contributed by atoms with Crippen LogP contribution in [0.25, 0.3) is 0 Å². The van der Waals surface area contributed by atoms with Crippen molar-refractivity contribution in [2.24, 2.45) is 0 Å². The first kappa shape index (κ1) is 31.2. The van der Waals surface area contributed by atoms with Crippen LogP contribution in [0.4, 0.5) is 0 Å². The Kier molecular flexibility index (Phi) is 19.5. The molecule has 161 valence electrons. The van der Waals surface area contributed by atoms with E-state index in [0.717, 1.165) is 36.9 Å². The van der Waals surface area contributed by atoms with Gasteiger partial charge in [-0.2, -0.15) is 0 Å². The van der Waals surface area contributed by atoms with Crippen molar-refractivity contribution in [2.75, 3.05) is 13.2 Å². The van der Waals surface area contributed by atoms with Crippen molar-refractivity contribution in [2.45, 2.75) is 25.2 Å². The number of nitrogens with zero attached hydrogens (tertiary/aromatic N) is 2. The number of rotatable bonds is 5. The molecule has 30 heavy (non-hydrogen) atoms. The van der Waals surface area contributed by atoms with E-state index in [9.17, 15) is 0 Å². The van der Waals surface area contributed by atoms with Gasteiger partial charge in [0.1, 0.15) is 0 Å². The van der Waals surface area contributed by atoms with E-state index < -0.39 is 0 Å². The summed E-state index contributed by atoms with van der Waals surface area (Å²) in [6.07, 6.45) is 8.29. The van der Waals surface area contributed by atoms with Gasteiger partial charge in [0.25, 0.3) is 0 Å². The third kappa shape index (κ3) is 11.4. The number of halogens is 2. The summed E-state index contributed by atoms with van der Waals surface area (Å²) in [5.74, 6) is 0. The molecular formula is C23H28Cl2CrN2OP. The number of benzene rings is 1. The molecule has 0 N–H and O–H groups in total. The molecule has 0 aliphatic carbocycles. The summed E-state index contributed by atoms with van der Waals surface area (Å²) < 4.78 is 4.94. The maximum Gasteiger partial charge on any atom is 3.00 e. The van der Waals surface area contributed by atoms with Crippen molar-refractivity contribution in [1.82, 2.24) is 9.97 Å². The second-order valence-corrected chi connectivity index (χ2v) is 8.38. The van der Waals surface area contributed by atoms with E-state index in [2.05, 4.69) is 64.6 Å². The van der Waals surface area contributed by atoms with Gasteiger partial charge in [0.15, 0.2) is 0 Å². The maximum absolute atomic E-state index is 4.94. The number of hydrogen-bond acceptors (Lipinski definition) is 3. The normalized spacial score (nSPS) is 11.5. The first-order chi connectivity index (χ1) is 12.9. The maximum atomic E-state index is 4.94.